The van der Waals surface area contributed by atoms with E-state index in [1.165, 1.54) is 30.0 Å². The van der Waals surface area contributed by atoms with E-state index >= 15 is 0 Å². The maximum absolute atomic E-state index is 12.6. The average molecular weight is 509 g/mol. The van der Waals surface area contributed by atoms with Crippen LogP contribution in [0.3, 0.4) is 0 Å². The summed E-state index contributed by atoms with van der Waals surface area (Å²) in [6.45, 7) is 3.97. The minimum Gasteiger partial charge on any atom is -0.507 e. The molecule has 3 aromatic carbocycles. The molecule has 3 N–H and O–H groups in total. The van der Waals surface area contributed by atoms with Gasteiger partial charge in [-0.15, -0.1) is 10.2 Å². The zero-order valence-corrected chi connectivity index (χ0v) is 20.4. The first-order valence-electron chi connectivity index (χ1n) is 10.5. The summed E-state index contributed by atoms with van der Waals surface area (Å²) in [5.74, 6) is -1.03. The summed E-state index contributed by atoms with van der Waals surface area (Å²) < 4.78 is 1.81. The Balaban J connectivity index is 1.63. The van der Waals surface area contributed by atoms with Crippen molar-refractivity contribution < 1.29 is 19.8 Å². The fourth-order valence-corrected chi connectivity index (χ4v) is 4.51. The molecule has 0 unspecified atom stereocenters. The first kappa shape index (κ1) is 24.3. The van der Waals surface area contributed by atoms with Crippen LogP contribution in [0.5, 0.6) is 5.75 Å². The molecule has 10 heteroatoms. The number of halogens is 1. The van der Waals surface area contributed by atoms with Crippen molar-refractivity contribution in [1.29, 1.82) is 0 Å². The van der Waals surface area contributed by atoms with E-state index in [2.05, 4.69) is 15.5 Å². The number of phenolic OH excluding ortho intramolecular Hbond substituents is 1. The van der Waals surface area contributed by atoms with Gasteiger partial charge in [0.1, 0.15) is 5.75 Å². The molecule has 0 bridgehead atoms. The molecule has 4 aromatic rings. The molecule has 0 aliphatic heterocycles. The highest BCUT2D eigenvalue weighted by Gasteiger charge is 2.20. The Hall–Kier alpha value is -3.82. The van der Waals surface area contributed by atoms with Gasteiger partial charge < -0.3 is 15.5 Å². The molecule has 178 valence electrons. The van der Waals surface area contributed by atoms with E-state index in [-0.39, 0.29) is 28.0 Å². The highest BCUT2D eigenvalue weighted by Crippen LogP contribution is 2.34. The number of rotatable bonds is 7. The van der Waals surface area contributed by atoms with E-state index < -0.39 is 5.97 Å². The third-order valence-corrected chi connectivity index (χ3v) is 6.44. The normalized spacial score (nSPS) is 10.8. The average Bonchev–Trinajstić information content (AvgIpc) is 3.22. The summed E-state index contributed by atoms with van der Waals surface area (Å²) in [5.41, 5.74) is 3.64. The Kier molecular flexibility index (Phi) is 7.09. The van der Waals surface area contributed by atoms with Gasteiger partial charge in [-0.25, -0.2) is 4.79 Å². The van der Waals surface area contributed by atoms with Crippen molar-refractivity contribution in [1.82, 2.24) is 14.8 Å². The number of phenols is 1. The van der Waals surface area contributed by atoms with Crippen LogP contribution in [0.15, 0.2) is 65.8 Å². The van der Waals surface area contributed by atoms with Crippen molar-refractivity contribution in [2.24, 2.45) is 0 Å². The maximum atomic E-state index is 12.6. The zero-order valence-electron chi connectivity index (χ0n) is 18.8. The standard InChI is InChI=1S/C25H21ClN4O4S/c1-14-7-10-20(15(2)11-14)30-23(17-5-3-4-6-21(17)31)28-29-25(30)35-13-22(32)27-16-8-9-19(26)18(12-16)24(33)34/h3-12,31H,13H2,1-2H3,(H,27,32)(H,33,34). The van der Waals surface area contributed by atoms with Crippen molar-refractivity contribution in [3.05, 3.63) is 82.4 Å². The van der Waals surface area contributed by atoms with E-state index in [1.807, 2.05) is 36.6 Å². The number of aromatic carboxylic acids is 1. The second-order valence-corrected chi connectivity index (χ2v) is 9.14. The molecule has 0 radical (unpaired) electrons. The molecule has 0 saturated heterocycles. The van der Waals surface area contributed by atoms with Crippen molar-refractivity contribution in [3.8, 4) is 22.8 Å². The molecular formula is C25H21ClN4O4S. The van der Waals surface area contributed by atoms with Crippen molar-refractivity contribution in [2.45, 2.75) is 19.0 Å². The molecule has 1 heterocycles. The number of aryl methyl sites for hydroxylation is 2. The van der Waals surface area contributed by atoms with E-state index in [1.54, 1.807) is 24.3 Å². The van der Waals surface area contributed by atoms with Gasteiger partial charge in [0.05, 0.1) is 27.6 Å². The number of carboxylic acid groups (broad SMARTS) is 1. The number of aromatic hydroxyl groups is 1. The van der Waals surface area contributed by atoms with Crippen molar-refractivity contribution in [2.75, 3.05) is 11.1 Å². The van der Waals surface area contributed by atoms with Gasteiger partial charge in [0.2, 0.25) is 5.91 Å². The second kappa shape index (κ2) is 10.2. The number of carbonyl (C=O) groups excluding carboxylic acids is 1. The van der Waals surface area contributed by atoms with Crippen LogP contribution >= 0.6 is 23.4 Å². The number of anilines is 1. The number of hydrogen-bond donors (Lipinski definition) is 3. The fourth-order valence-electron chi connectivity index (χ4n) is 3.57. The van der Waals surface area contributed by atoms with Crippen LogP contribution in [0.2, 0.25) is 5.02 Å². The fraction of sp³-hybridized carbons (Fsp3) is 0.120. The lowest BCUT2D eigenvalue weighted by molar-refractivity contribution is -0.113. The summed E-state index contributed by atoms with van der Waals surface area (Å²) in [6, 6.07) is 17.1. The van der Waals surface area contributed by atoms with Gasteiger partial charge in [-0.2, -0.15) is 0 Å². The van der Waals surface area contributed by atoms with Crippen molar-refractivity contribution >= 4 is 40.9 Å². The smallest absolute Gasteiger partial charge is 0.337 e. The van der Waals surface area contributed by atoms with Crippen LogP contribution in [0.4, 0.5) is 5.69 Å². The number of thioether (sulfide) groups is 1. The summed E-state index contributed by atoms with van der Waals surface area (Å²) in [5, 5.41) is 31.5. The lowest BCUT2D eigenvalue weighted by Crippen LogP contribution is -2.15. The molecule has 0 saturated carbocycles. The number of amides is 1. The van der Waals surface area contributed by atoms with Gasteiger partial charge >= 0.3 is 5.97 Å². The molecule has 4 rings (SSSR count). The highest BCUT2D eigenvalue weighted by molar-refractivity contribution is 7.99. The summed E-state index contributed by atoms with van der Waals surface area (Å²) >= 11 is 7.07. The molecule has 35 heavy (non-hydrogen) atoms. The Morgan fingerprint density at radius 2 is 1.83 bits per heavy atom. The second-order valence-electron chi connectivity index (χ2n) is 7.79. The van der Waals surface area contributed by atoms with Gasteiger partial charge in [0.15, 0.2) is 11.0 Å². The zero-order chi connectivity index (χ0) is 25.1. The minimum absolute atomic E-state index is 0.00511. The van der Waals surface area contributed by atoms with Crippen LogP contribution in [0, 0.1) is 13.8 Å². The van der Waals surface area contributed by atoms with E-state index in [0.717, 1.165) is 16.8 Å². The number of nitrogens with zero attached hydrogens (tertiary/aromatic N) is 3. The molecule has 0 fully saturated rings. The Bertz CT molecular complexity index is 1440. The third kappa shape index (κ3) is 5.31. The number of nitrogens with one attached hydrogen (secondary N) is 1. The topological polar surface area (TPSA) is 117 Å². The number of aromatic nitrogens is 3. The minimum atomic E-state index is -1.18. The maximum Gasteiger partial charge on any atom is 0.337 e. The number of carbonyl (C=O) groups is 2. The van der Waals surface area contributed by atoms with Gasteiger partial charge in [0.25, 0.3) is 0 Å². The van der Waals surface area contributed by atoms with Gasteiger partial charge in [-0.05, 0) is 55.8 Å². The molecule has 0 aliphatic rings. The molecule has 1 aromatic heterocycles. The van der Waals surface area contributed by atoms with Crippen LogP contribution in [-0.2, 0) is 4.79 Å². The summed E-state index contributed by atoms with van der Waals surface area (Å²) in [7, 11) is 0. The predicted molar refractivity (Wildman–Crippen MR) is 136 cm³/mol. The SMILES string of the molecule is Cc1ccc(-n2c(SCC(=O)Nc3ccc(Cl)c(C(=O)O)c3)nnc2-c2ccccc2O)c(C)c1. The monoisotopic (exact) mass is 508 g/mol. The highest BCUT2D eigenvalue weighted by atomic mass is 35.5. The quantitative estimate of drug-likeness (QED) is 0.288. The largest absolute Gasteiger partial charge is 0.507 e. The van der Waals surface area contributed by atoms with E-state index in [0.29, 0.717) is 22.2 Å². The molecule has 0 spiro atoms. The molecular weight excluding hydrogens is 488 g/mol. The third-order valence-electron chi connectivity index (χ3n) is 5.18. The van der Waals surface area contributed by atoms with E-state index in [9.17, 15) is 19.8 Å². The van der Waals surface area contributed by atoms with Gasteiger partial charge in [-0.1, -0.05) is 53.2 Å². The number of hydrogen-bond acceptors (Lipinski definition) is 6. The lowest BCUT2D eigenvalue weighted by atomic mass is 10.1. The number of para-hydroxylation sites is 1. The molecule has 8 nitrogen and oxygen atoms in total. The molecule has 1 amide bonds. The first-order valence-corrected chi connectivity index (χ1v) is 11.9. The van der Waals surface area contributed by atoms with Crippen LogP contribution < -0.4 is 5.32 Å². The summed E-state index contributed by atoms with van der Waals surface area (Å²) in [6.07, 6.45) is 0. The van der Waals surface area contributed by atoms with Crippen LogP contribution in [0.1, 0.15) is 21.5 Å². The molecule has 0 atom stereocenters. The Morgan fingerprint density at radius 1 is 1.06 bits per heavy atom. The summed E-state index contributed by atoms with van der Waals surface area (Å²) in [4.78, 5) is 23.9. The Labute approximate surface area is 210 Å². The van der Waals surface area contributed by atoms with Gasteiger partial charge in [-0.3, -0.25) is 9.36 Å². The number of carboxylic acids is 1. The van der Waals surface area contributed by atoms with Crippen LogP contribution in [-0.4, -0.2) is 42.6 Å². The number of benzene rings is 3. The Morgan fingerprint density at radius 3 is 2.54 bits per heavy atom. The molecule has 0 aliphatic carbocycles. The van der Waals surface area contributed by atoms with Crippen LogP contribution in [0.25, 0.3) is 17.1 Å². The van der Waals surface area contributed by atoms with Gasteiger partial charge in [0, 0.05) is 5.69 Å². The van der Waals surface area contributed by atoms with Crippen molar-refractivity contribution in [3.63, 3.8) is 0 Å². The van der Waals surface area contributed by atoms with E-state index in [4.69, 9.17) is 11.6 Å². The first-order chi connectivity index (χ1) is 16.7. The predicted octanol–water partition coefficient (Wildman–Crippen LogP) is 5.34. The lowest BCUT2D eigenvalue weighted by Gasteiger charge is -2.14.